The van der Waals surface area contributed by atoms with Gasteiger partial charge in [-0.05, 0) is 45.1 Å². The van der Waals surface area contributed by atoms with Crippen molar-refractivity contribution >= 4 is 17.3 Å². The van der Waals surface area contributed by atoms with Gasteiger partial charge in [0.15, 0.2) is 0 Å². The summed E-state index contributed by atoms with van der Waals surface area (Å²) in [4.78, 5) is 16.0. The molecule has 1 heterocycles. The molecule has 1 saturated heterocycles. The molecular weight excluding hydrogens is 250 g/mol. The summed E-state index contributed by atoms with van der Waals surface area (Å²) in [6, 6.07) is 9.56. The molecule has 1 aliphatic rings. The maximum Gasteiger partial charge on any atom is 0.247 e. The lowest BCUT2D eigenvalue weighted by molar-refractivity contribution is -0.111. The van der Waals surface area contributed by atoms with E-state index in [1.807, 2.05) is 18.2 Å². The Morgan fingerprint density at radius 1 is 1.50 bits per heavy atom. The summed E-state index contributed by atoms with van der Waals surface area (Å²) in [5.74, 6) is -0.204. The zero-order chi connectivity index (χ0) is 14.5. The SMILES string of the molecule is C=CC(=O)Nc1[c]ccc(N2CCC(N(C)C)CC2)c1. The third kappa shape index (κ3) is 3.61. The molecule has 0 aromatic heterocycles. The Balaban J connectivity index is 2.01. The molecule has 0 unspecified atom stereocenters. The van der Waals surface area contributed by atoms with Crippen molar-refractivity contribution in [3.05, 3.63) is 36.9 Å². The molecule has 1 fully saturated rings. The quantitative estimate of drug-likeness (QED) is 0.853. The molecule has 107 valence electrons. The van der Waals surface area contributed by atoms with E-state index in [1.165, 1.54) is 18.9 Å². The lowest BCUT2D eigenvalue weighted by Gasteiger charge is -2.36. The van der Waals surface area contributed by atoms with Gasteiger partial charge in [-0.25, -0.2) is 0 Å². The molecular formula is C16H22N3O. The Bertz CT molecular complexity index is 476. The average molecular weight is 272 g/mol. The van der Waals surface area contributed by atoms with Crippen molar-refractivity contribution in [2.75, 3.05) is 37.4 Å². The topological polar surface area (TPSA) is 35.6 Å². The number of amides is 1. The highest BCUT2D eigenvalue weighted by atomic mass is 16.1. The van der Waals surface area contributed by atoms with Gasteiger partial charge in [-0.3, -0.25) is 4.79 Å². The van der Waals surface area contributed by atoms with E-state index in [0.717, 1.165) is 18.8 Å². The number of carbonyl (C=O) groups is 1. The highest BCUT2D eigenvalue weighted by Gasteiger charge is 2.20. The predicted molar refractivity (Wildman–Crippen MR) is 83.0 cm³/mol. The molecule has 1 aromatic carbocycles. The fourth-order valence-electron chi connectivity index (χ4n) is 2.55. The Kier molecular flexibility index (Phi) is 4.79. The van der Waals surface area contributed by atoms with Crippen LogP contribution >= 0.6 is 0 Å². The van der Waals surface area contributed by atoms with Crippen LogP contribution in [0.2, 0.25) is 0 Å². The standard InChI is InChI=1S/C16H22N3O/c1-4-16(20)17-13-6-5-7-15(12-13)19-10-8-14(9-11-19)18(2)3/h4-5,7,12,14H,1,8-11H2,2-3H3,(H,17,20). The Hall–Kier alpha value is -1.81. The van der Waals surface area contributed by atoms with Gasteiger partial charge in [0.1, 0.15) is 0 Å². The van der Waals surface area contributed by atoms with Crippen LogP contribution in [-0.2, 0) is 4.79 Å². The van der Waals surface area contributed by atoms with Gasteiger partial charge < -0.3 is 15.1 Å². The van der Waals surface area contributed by atoms with Gasteiger partial charge in [0.05, 0.1) is 5.69 Å². The van der Waals surface area contributed by atoms with Crippen LogP contribution in [0.5, 0.6) is 0 Å². The Morgan fingerprint density at radius 2 is 2.20 bits per heavy atom. The summed E-state index contributed by atoms with van der Waals surface area (Å²) < 4.78 is 0. The van der Waals surface area contributed by atoms with E-state index in [0.29, 0.717) is 11.7 Å². The molecule has 1 aliphatic heterocycles. The van der Waals surface area contributed by atoms with E-state index in [4.69, 9.17) is 0 Å². The monoisotopic (exact) mass is 272 g/mol. The first kappa shape index (κ1) is 14.6. The lowest BCUT2D eigenvalue weighted by Crippen LogP contribution is -2.42. The van der Waals surface area contributed by atoms with Crippen molar-refractivity contribution in [3.8, 4) is 0 Å². The van der Waals surface area contributed by atoms with E-state index >= 15 is 0 Å². The van der Waals surface area contributed by atoms with Crippen molar-refractivity contribution in [3.63, 3.8) is 0 Å². The molecule has 0 saturated carbocycles. The van der Waals surface area contributed by atoms with Gasteiger partial charge in [-0.1, -0.05) is 12.6 Å². The van der Waals surface area contributed by atoms with Gasteiger partial charge in [0, 0.05) is 30.9 Å². The highest BCUT2D eigenvalue weighted by molar-refractivity contribution is 5.99. The van der Waals surface area contributed by atoms with Crippen LogP contribution in [0, 0.1) is 6.07 Å². The number of hydrogen-bond donors (Lipinski definition) is 1. The van der Waals surface area contributed by atoms with Crippen LogP contribution in [0.1, 0.15) is 12.8 Å². The van der Waals surface area contributed by atoms with Crippen LogP contribution in [0.25, 0.3) is 0 Å². The maximum absolute atomic E-state index is 11.3. The summed E-state index contributed by atoms with van der Waals surface area (Å²) in [6.07, 6.45) is 3.60. The van der Waals surface area contributed by atoms with Crippen LogP contribution < -0.4 is 10.2 Å². The average Bonchev–Trinajstić information content (AvgIpc) is 2.47. The smallest absolute Gasteiger partial charge is 0.247 e. The summed E-state index contributed by atoms with van der Waals surface area (Å²) in [6.45, 7) is 5.54. The summed E-state index contributed by atoms with van der Waals surface area (Å²) in [5.41, 5.74) is 1.84. The molecule has 0 bridgehead atoms. The molecule has 1 radical (unpaired) electrons. The zero-order valence-corrected chi connectivity index (χ0v) is 12.2. The van der Waals surface area contributed by atoms with E-state index in [1.54, 1.807) is 0 Å². The maximum atomic E-state index is 11.3. The number of piperidine rings is 1. The minimum atomic E-state index is -0.204. The predicted octanol–water partition coefficient (Wildman–Crippen LogP) is 2.14. The first-order chi connectivity index (χ1) is 9.60. The van der Waals surface area contributed by atoms with Gasteiger partial charge in [0.25, 0.3) is 0 Å². The van der Waals surface area contributed by atoms with Crippen molar-refractivity contribution < 1.29 is 4.79 Å². The van der Waals surface area contributed by atoms with Crippen LogP contribution in [0.4, 0.5) is 11.4 Å². The first-order valence-corrected chi connectivity index (χ1v) is 6.96. The van der Waals surface area contributed by atoms with Gasteiger partial charge in [0.2, 0.25) is 5.91 Å². The lowest BCUT2D eigenvalue weighted by atomic mass is 10.0. The second kappa shape index (κ2) is 6.57. The number of rotatable bonds is 4. The molecule has 1 amide bonds. The summed E-state index contributed by atoms with van der Waals surface area (Å²) >= 11 is 0. The van der Waals surface area contributed by atoms with Crippen molar-refractivity contribution in [2.45, 2.75) is 18.9 Å². The number of nitrogens with zero attached hydrogens (tertiary/aromatic N) is 2. The third-order valence-corrected chi connectivity index (χ3v) is 3.79. The zero-order valence-electron chi connectivity index (χ0n) is 12.2. The second-order valence-electron chi connectivity index (χ2n) is 5.34. The highest BCUT2D eigenvalue weighted by Crippen LogP contribution is 2.24. The molecule has 2 rings (SSSR count). The van der Waals surface area contributed by atoms with Crippen LogP contribution in [-0.4, -0.2) is 44.0 Å². The summed E-state index contributed by atoms with van der Waals surface area (Å²) in [7, 11) is 4.28. The molecule has 4 nitrogen and oxygen atoms in total. The normalized spacial score (nSPS) is 16.2. The summed E-state index contributed by atoms with van der Waals surface area (Å²) in [5, 5.41) is 2.75. The Labute approximate surface area is 121 Å². The van der Waals surface area contributed by atoms with E-state index < -0.39 is 0 Å². The second-order valence-corrected chi connectivity index (χ2v) is 5.34. The molecule has 1 N–H and O–H groups in total. The molecule has 0 aliphatic carbocycles. The van der Waals surface area contributed by atoms with Crippen molar-refractivity contribution in [2.24, 2.45) is 0 Å². The van der Waals surface area contributed by atoms with Gasteiger partial charge >= 0.3 is 0 Å². The van der Waals surface area contributed by atoms with Crippen LogP contribution in [0.15, 0.2) is 30.9 Å². The van der Waals surface area contributed by atoms with Gasteiger partial charge in [-0.2, -0.15) is 0 Å². The number of hydrogen-bond acceptors (Lipinski definition) is 3. The number of nitrogens with one attached hydrogen (secondary N) is 1. The minimum Gasteiger partial charge on any atom is -0.371 e. The van der Waals surface area contributed by atoms with Crippen molar-refractivity contribution in [1.82, 2.24) is 4.90 Å². The molecule has 0 spiro atoms. The van der Waals surface area contributed by atoms with E-state index in [2.05, 4.69) is 41.9 Å². The molecule has 4 heteroatoms. The van der Waals surface area contributed by atoms with E-state index in [9.17, 15) is 4.79 Å². The Morgan fingerprint density at radius 3 is 2.80 bits per heavy atom. The van der Waals surface area contributed by atoms with Gasteiger partial charge in [-0.15, -0.1) is 0 Å². The molecule has 1 aromatic rings. The number of benzene rings is 1. The molecule has 20 heavy (non-hydrogen) atoms. The third-order valence-electron chi connectivity index (χ3n) is 3.79. The largest absolute Gasteiger partial charge is 0.371 e. The minimum absolute atomic E-state index is 0.204. The fourth-order valence-corrected chi connectivity index (χ4v) is 2.55. The van der Waals surface area contributed by atoms with E-state index in [-0.39, 0.29) is 5.91 Å². The number of anilines is 2. The van der Waals surface area contributed by atoms with Crippen molar-refractivity contribution in [1.29, 1.82) is 0 Å². The number of carbonyl (C=O) groups excluding carboxylic acids is 1. The van der Waals surface area contributed by atoms with Crippen LogP contribution in [0.3, 0.4) is 0 Å². The first-order valence-electron chi connectivity index (χ1n) is 6.96. The fraction of sp³-hybridized carbons (Fsp3) is 0.438. The molecule has 0 atom stereocenters.